The molecule has 4 aromatic rings. The molecule has 4 aromatic carbocycles. The van der Waals surface area contributed by atoms with Gasteiger partial charge in [0.15, 0.2) is 11.5 Å². The first-order valence-electron chi connectivity index (χ1n) is 12.1. The number of rotatable bonds is 10. The molecule has 1 aliphatic rings. The molecule has 0 bridgehead atoms. The van der Waals surface area contributed by atoms with Crippen LogP contribution in [-0.4, -0.2) is 12.1 Å². The Hall–Kier alpha value is -4.38. The molecule has 2 atom stereocenters. The number of carbonyl (C=O) groups is 1. The number of amides is 1. The Balaban J connectivity index is 1.23. The molecule has 2 unspecified atom stereocenters. The highest BCUT2D eigenvalue weighted by Gasteiger charge is 2.43. The van der Waals surface area contributed by atoms with Gasteiger partial charge < -0.3 is 9.47 Å². The lowest BCUT2D eigenvalue weighted by Crippen LogP contribution is -2.20. The van der Waals surface area contributed by atoms with Crippen LogP contribution < -0.4 is 14.9 Å². The van der Waals surface area contributed by atoms with Gasteiger partial charge in [-0.1, -0.05) is 91.0 Å². The summed E-state index contributed by atoms with van der Waals surface area (Å²) in [5.41, 5.74) is 6.84. The second-order valence-electron chi connectivity index (χ2n) is 8.85. The van der Waals surface area contributed by atoms with E-state index in [2.05, 4.69) is 22.7 Å². The van der Waals surface area contributed by atoms with Crippen LogP contribution >= 0.6 is 0 Å². The first kappa shape index (κ1) is 23.4. The number of benzene rings is 4. The van der Waals surface area contributed by atoms with Crippen molar-refractivity contribution in [1.29, 1.82) is 0 Å². The first-order chi connectivity index (χ1) is 17.8. The molecular weight excluding hydrogens is 448 g/mol. The molecule has 0 saturated heterocycles. The van der Waals surface area contributed by atoms with Gasteiger partial charge in [-0.15, -0.1) is 0 Å². The van der Waals surface area contributed by atoms with Crippen molar-refractivity contribution in [2.75, 3.05) is 0 Å². The lowest BCUT2D eigenvalue weighted by molar-refractivity contribution is -0.122. The van der Waals surface area contributed by atoms with E-state index in [1.807, 2.05) is 97.1 Å². The van der Waals surface area contributed by atoms with Gasteiger partial charge in [-0.3, -0.25) is 4.79 Å². The maximum absolute atomic E-state index is 12.5. The van der Waals surface area contributed by atoms with E-state index in [9.17, 15) is 4.79 Å². The maximum atomic E-state index is 12.5. The molecule has 5 nitrogen and oxygen atoms in total. The Bertz CT molecular complexity index is 1310. The van der Waals surface area contributed by atoms with Crippen LogP contribution in [0.15, 0.2) is 114 Å². The zero-order valence-corrected chi connectivity index (χ0v) is 19.9. The molecule has 1 fully saturated rings. The van der Waals surface area contributed by atoms with Crippen molar-refractivity contribution < 1.29 is 14.3 Å². The number of hydrogen-bond acceptors (Lipinski definition) is 4. The fourth-order valence-corrected chi connectivity index (χ4v) is 4.11. The highest BCUT2D eigenvalue weighted by atomic mass is 16.5. The van der Waals surface area contributed by atoms with Crippen LogP contribution in [0.4, 0.5) is 0 Å². The molecule has 5 heteroatoms. The van der Waals surface area contributed by atoms with Crippen LogP contribution in [-0.2, 0) is 18.0 Å². The van der Waals surface area contributed by atoms with Gasteiger partial charge in [0, 0.05) is 5.92 Å². The van der Waals surface area contributed by atoms with Crippen LogP contribution in [0.3, 0.4) is 0 Å². The molecule has 0 aliphatic heterocycles. The minimum Gasteiger partial charge on any atom is -0.485 e. The van der Waals surface area contributed by atoms with E-state index in [-0.39, 0.29) is 17.7 Å². The third-order valence-electron chi connectivity index (χ3n) is 6.19. The molecule has 0 radical (unpaired) electrons. The monoisotopic (exact) mass is 476 g/mol. The summed E-state index contributed by atoms with van der Waals surface area (Å²) in [6.45, 7) is 0.860. The van der Waals surface area contributed by atoms with E-state index in [0.29, 0.717) is 24.7 Å². The normalized spacial score (nSPS) is 16.4. The molecule has 1 N–H and O–H groups in total. The van der Waals surface area contributed by atoms with Gasteiger partial charge in [-0.25, -0.2) is 5.43 Å². The van der Waals surface area contributed by atoms with Crippen LogP contribution in [0.5, 0.6) is 11.5 Å². The predicted octanol–water partition coefficient (Wildman–Crippen LogP) is 6.10. The zero-order chi connectivity index (χ0) is 24.6. The summed E-state index contributed by atoms with van der Waals surface area (Å²) in [5.74, 6) is 1.48. The standard InChI is InChI=1S/C31H28N2O3/c34-31(28-19-27(28)26-14-8-3-9-15-26)33-32-20-25-16-17-29(35-21-23-10-4-1-5-11-23)30(18-25)36-22-24-12-6-2-7-13-24/h1-18,20,27-28H,19,21-22H2,(H,33,34)/b32-20+. The van der Waals surface area contributed by atoms with Gasteiger partial charge in [0.2, 0.25) is 5.91 Å². The summed E-state index contributed by atoms with van der Waals surface area (Å²) in [6.07, 6.45) is 2.49. The summed E-state index contributed by atoms with van der Waals surface area (Å²) >= 11 is 0. The fraction of sp³-hybridized carbons (Fsp3) is 0.161. The Morgan fingerprint density at radius 2 is 1.36 bits per heavy atom. The topological polar surface area (TPSA) is 59.9 Å². The third kappa shape index (κ3) is 6.19. The van der Waals surface area contributed by atoms with Crippen molar-refractivity contribution in [2.45, 2.75) is 25.6 Å². The van der Waals surface area contributed by atoms with Gasteiger partial charge >= 0.3 is 0 Å². The second-order valence-corrected chi connectivity index (χ2v) is 8.85. The molecule has 0 spiro atoms. The third-order valence-corrected chi connectivity index (χ3v) is 6.19. The minimum absolute atomic E-state index is 0.0249. The van der Waals surface area contributed by atoms with Crippen molar-refractivity contribution in [3.63, 3.8) is 0 Å². The van der Waals surface area contributed by atoms with Crippen molar-refractivity contribution >= 4 is 12.1 Å². The molecular formula is C31H28N2O3. The van der Waals surface area contributed by atoms with Gasteiger partial charge in [0.05, 0.1) is 6.21 Å². The Morgan fingerprint density at radius 1 is 0.778 bits per heavy atom. The van der Waals surface area contributed by atoms with E-state index >= 15 is 0 Å². The number of ether oxygens (including phenoxy) is 2. The highest BCUT2D eigenvalue weighted by Crippen LogP contribution is 2.47. The number of hydrazone groups is 1. The quantitative estimate of drug-likeness (QED) is 0.222. The smallest absolute Gasteiger partial charge is 0.243 e. The summed E-state index contributed by atoms with van der Waals surface area (Å²) < 4.78 is 12.2. The SMILES string of the molecule is O=C(N/N=C/c1ccc(OCc2ccccc2)c(OCc2ccccc2)c1)C1CC1c1ccccc1. The maximum Gasteiger partial charge on any atom is 0.243 e. The molecule has 1 saturated carbocycles. The van der Waals surface area contributed by atoms with Gasteiger partial charge in [0.25, 0.3) is 0 Å². The van der Waals surface area contributed by atoms with Crippen LogP contribution in [0.2, 0.25) is 0 Å². The zero-order valence-electron chi connectivity index (χ0n) is 19.9. The lowest BCUT2D eigenvalue weighted by atomic mass is 10.1. The summed E-state index contributed by atoms with van der Waals surface area (Å²) in [6, 6.07) is 35.8. The van der Waals surface area contributed by atoms with E-state index < -0.39 is 0 Å². The molecule has 5 rings (SSSR count). The average molecular weight is 477 g/mol. The predicted molar refractivity (Wildman–Crippen MR) is 141 cm³/mol. The van der Waals surface area contributed by atoms with Crippen LogP contribution in [0.25, 0.3) is 0 Å². The summed E-state index contributed by atoms with van der Waals surface area (Å²) in [4.78, 5) is 12.5. The van der Waals surface area contributed by atoms with Crippen molar-refractivity contribution in [3.8, 4) is 11.5 Å². The highest BCUT2D eigenvalue weighted by molar-refractivity contribution is 5.86. The molecule has 36 heavy (non-hydrogen) atoms. The van der Waals surface area contributed by atoms with Gasteiger partial charge in [-0.2, -0.15) is 5.10 Å². The molecule has 1 amide bonds. The Kier molecular flexibility index (Phi) is 7.38. The van der Waals surface area contributed by atoms with Crippen LogP contribution in [0, 0.1) is 5.92 Å². The minimum atomic E-state index is -0.0523. The Labute approximate surface area is 211 Å². The second kappa shape index (κ2) is 11.4. The fourth-order valence-electron chi connectivity index (χ4n) is 4.11. The number of carbonyl (C=O) groups excluding carboxylic acids is 1. The largest absolute Gasteiger partial charge is 0.485 e. The summed E-state index contributed by atoms with van der Waals surface area (Å²) in [5, 5.41) is 4.19. The molecule has 180 valence electrons. The van der Waals surface area contributed by atoms with E-state index in [0.717, 1.165) is 23.1 Å². The van der Waals surface area contributed by atoms with E-state index in [1.165, 1.54) is 5.56 Å². The number of hydrogen-bond donors (Lipinski definition) is 1. The van der Waals surface area contributed by atoms with Gasteiger partial charge in [0.1, 0.15) is 13.2 Å². The summed E-state index contributed by atoms with van der Waals surface area (Å²) in [7, 11) is 0. The molecule has 0 heterocycles. The first-order valence-corrected chi connectivity index (χ1v) is 12.1. The molecule has 1 aliphatic carbocycles. The molecule has 0 aromatic heterocycles. The van der Waals surface area contributed by atoms with E-state index in [1.54, 1.807) is 6.21 Å². The average Bonchev–Trinajstić information content (AvgIpc) is 3.74. The van der Waals surface area contributed by atoms with Crippen molar-refractivity contribution in [1.82, 2.24) is 5.43 Å². The van der Waals surface area contributed by atoms with Crippen molar-refractivity contribution in [3.05, 3.63) is 131 Å². The number of nitrogens with one attached hydrogen (secondary N) is 1. The number of nitrogens with zero attached hydrogens (tertiary/aromatic N) is 1. The van der Waals surface area contributed by atoms with E-state index in [4.69, 9.17) is 9.47 Å². The van der Waals surface area contributed by atoms with Crippen molar-refractivity contribution in [2.24, 2.45) is 11.0 Å². The van der Waals surface area contributed by atoms with Crippen LogP contribution in [0.1, 0.15) is 34.6 Å². The lowest BCUT2D eigenvalue weighted by Gasteiger charge is -2.14. The Morgan fingerprint density at radius 3 is 2.00 bits per heavy atom. The van der Waals surface area contributed by atoms with Gasteiger partial charge in [-0.05, 0) is 52.8 Å².